The molecule has 0 atom stereocenters. The number of hydrogen-bond donors (Lipinski definition) is 0. The summed E-state index contributed by atoms with van der Waals surface area (Å²) in [6.07, 6.45) is 1.67. The van der Waals surface area contributed by atoms with Crippen LogP contribution in [0.25, 0.3) is 16.7 Å². The molecule has 0 saturated heterocycles. The van der Waals surface area contributed by atoms with Gasteiger partial charge in [-0.05, 0) is 24.3 Å². The lowest BCUT2D eigenvalue weighted by molar-refractivity contribution is 0.387. The molecule has 1 aromatic heterocycles. The van der Waals surface area contributed by atoms with Crippen molar-refractivity contribution in [3.63, 3.8) is 0 Å². The average Bonchev–Trinajstić information content (AvgIpc) is 2.81. The van der Waals surface area contributed by atoms with Crippen molar-refractivity contribution in [2.45, 2.75) is 0 Å². The molecule has 1 heterocycles. The van der Waals surface area contributed by atoms with Crippen LogP contribution in [-0.2, 0) is 0 Å². The van der Waals surface area contributed by atoms with E-state index < -0.39 is 5.82 Å². The van der Waals surface area contributed by atoms with Crippen molar-refractivity contribution in [2.75, 3.05) is 7.11 Å². The van der Waals surface area contributed by atoms with Gasteiger partial charge in [0.25, 0.3) is 0 Å². The summed E-state index contributed by atoms with van der Waals surface area (Å²) < 4.78 is 21.5. The lowest BCUT2D eigenvalue weighted by Crippen LogP contribution is -1.93. The first-order chi connectivity index (χ1) is 9.19. The molecule has 3 aromatic rings. The van der Waals surface area contributed by atoms with Gasteiger partial charge in [0.15, 0.2) is 11.6 Å². The monoisotopic (exact) mass is 320 g/mol. The molecule has 0 aliphatic rings. The van der Waals surface area contributed by atoms with E-state index in [1.165, 1.54) is 13.2 Å². The van der Waals surface area contributed by atoms with E-state index in [9.17, 15) is 4.39 Å². The Morgan fingerprint density at radius 2 is 1.95 bits per heavy atom. The van der Waals surface area contributed by atoms with Gasteiger partial charge in [-0.2, -0.15) is 0 Å². The van der Waals surface area contributed by atoms with Crippen LogP contribution >= 0.6 is 15.9 Å². The van der Waals surface area contributed by atoms with Crippen LogP contribution in [0.5, 0.6) is 5.75 Å². The average molecular weight is 321 g/mol. The van der Waals surface area contributed by atoms with Gasteiger partial charge < -0.3 is 4.74 Å². The lowest BCUT2D eigenvalue weighted by Gasteiger charge is -2.06. The van der Waals surface area contributed by atoms with Crippen LogP contribution < -0.4 is 4.74 Å². The SMILES string of the molecule is COc1cc2c(cc1F)ncn2-c1ccc(Br)cc1. The fraction of sp³-hybridized carbons (Fsp3) is 0.0714. The summed E-state index contributed by atoms with van der Waals surface area (Å²) in [4.78, 5) is 4.21. The number of nitrogens with zero attached hydrogens (tertiary/aromatic N) is 2. The Labute approximate surface area is 117 Å². The normalized spacial score (nSPS) is 10.9. The van der Waals surface area contributed by atoms with Crippen LogP contribution in [0.3, 0.4) is 0 Å². The Hall–Kier alpha value is -1.88. The second-order valence-electron chi connectivity index (χ2n) is 4.07. The zero-order chi connectivity index (χ0) is 13.4. The summed E-state index contributed by atoms with van der Waals surface area (Å²) in [5, 5.41) is 0. The van der Waals surface area contributed by atoms with Crippen molar-refractivity contribution in [1.29, 1.82) is 0 Å². The van der Waals surface area contributed by atoms with E-state index in [0.29, 0.717) is 5.52 Å². The lowest BCUT2D eigenvalue weighted by atomic mass is 10.2. The molecule has 19 heavy (non-hydrogen) atoms. The van der Waals surface area contributed by atoms with Crippen molar-refractivity contribution < 1.29 is 9.13 Å². The molecule has 0 fully saturated rings. The number of benzene rings is 2. The summed E-state index contributed by atoms with van der Waals surface area (Å²) in [7, 11) is 1.45. The van der Waals surface area contributed by atoms with Gasteiger partial charge in [-0.25, -0.2) is 9.37 Å². The standard InChI is InChI=1S/C14H10BrFN2O/c1-19-14-7-13-12(6-11(14)16)17-8-18(13)10-4-2-9(15)3-5-10/h2-8H,1H3. The highest BCUT2D eigenvalue weighted by Crippen LogP contribution is 2.26. The molecule has 5 heteroatoms. The van der Waals surface area contributed by atoms with E-state index >= 15 is 0 Å². The van der Waals surface area contributed by atoms with E-state index in [1.807, 2.05) is 28.8 Å². The topological polar surface area (TPSA) is 27.1 Å². The van der Waals surface area contributed by atoms with E-state index in [4.69, 9.17) is 4.74 Å². The molecule has 0 aliphatic carbocycles. The molecule has 2 aromatic carbocycles. The molecular formula is C14H10BrFN2O. The predicted octanol–water partition coefficient (Wildman–Crippen LogP) is 3.94. The van der Waals surface area contributed by atoms with E-state index in [2.05, 4.69) is 20.9 Å². The Balaban J connectivity index is 2.21. The van der Waals surface area contributed by atoms with Gasteiger partial charge >= 0.3 is 0 Å². The summed E-state index contributed by atoms with van der Waals surface area (Å²) in [6, 6.07) is 10.8. The van der Waals surface area contributed by atoms with Crippen LogP contribution in [-0.4, -0.2) is 16.7 Å². The maximum atomic E-state index is 13.6. The largest absolute Gasteiger partial charge is 0.494 e. The highest BCUT2D eigenvalue weighted by atomic mass is 79.9. The van der Waals surface area contributed by atoms with Crippen molar-refractivity contribution in [2.24, 2.45) is 0 Å². The summed E-state index contributed by atoms with van der Waals surface area (Å²) in [5.74, 6) is -0.192. The van der Waals surface area contributed by atoms with Crippen LogP contribution in [0.15, 0.2) is 47.2 Å². The zero-order valence-electron chi connectivity index (χ0n) is 10.1. The Kier molecular flexibility index (Phi) is 2.98. The molecular weight excluding hydrogens is 311 g/mol. The van der Waals surface area contributed by atoms with Gasteiger partial charge in [-0.1, -0.05) is 15.9 Å². The first kappa shape index (κ1) is 12.2. The first-order valence-corrected chi connectivity index (χ1v) is 6.45. The number of halogens is 2. The van der Waals surface area contributed by atoms with Crippen molar-refractivity contribution in [1.82, 2.24) is 9.55 Å². The summed E-state index contributed by atoms with van der Waals surface area (Å²) >= 11 is 3.40. The molecule has 0 bridgehead atoms. The second kappa shape index (κ2) is 4.66. The molecule has 0 unspecified atom stereocenters. The Morgan fingerprint density at radius 1 is 1.21 bits per heavy atom. The summed E-state index contributed by atoms with van der Waals surface area (Å²) in [5.41, 5.74) is 2.36. The van der Waals surface area contributed by atoms with Gasteiger partial charge in [0.2, 0.25) is 0 Å². The van der Waals surface area contributed by atoms with Crippen LogP contribution in [0.4, 0.5) is 4.39 Å². The fourth-order valence-electron chi connectivity index (χ4n) is 1.97. The minimum absolute atomic E-state index is 0.214. The van der Waals surface area contributed by atoms with E-state index in [1.54, 1.807) is 12.4 Å². The maximum absolute atomic E-state index is 13.6. The molecule has 0 spiro atoms. The van der Waals surface area contributed by atoms with Crippen LogP contribution in [0.1, 0.15) is 0 Å². The zero-order valence-corrected chi connectivity index (χ0v) is 11.7. The Bertz CT molecular complexity index is 737. The molecule has 0 amide bonds. The smallest absolute Gasteiger partial charge is 0.167 e. The number of rotatable bonds is 2. The molecule has 0 aliphatic heterocycles. The highest BCUT2D eigenvalue weighted by Gasteiger charge is 2.10. The number of methoxy groups -OCH3 is 1. The Morgan fingerprint density at radius 3 is 2.63 bits per heavy atom. The van der Waals surface area contributed by atoms with Gasteiger partial charge in [-0.3, -0.25) is 4.57 Å². The molecule has 0 saturated carbocycles. The molecule has 0 radical (unpaired) electrons. The maximum Gasteiger partial charge on any atom is 0.167 e. The van der Waals surface area contributed by atoms with Crippen molar-refractivity contribution in [3.05, 3.63) is 53.0 Å². The minimum atomic E-state index is -0.406. The highest BCUT2D eigenvalue weighted by molar-refractivity contribution is 9.10. The number of fused-ring (bicyclic) bond motifs is 1. The van der Waals surface area contributed by atoms with Crippen molar-refractivity contribution >= 4 is 27.0 Å². The van der Waals surface area contributed by atoms with Crippen LogP contribution in [0, 0.1) is 5.82 Å². The third kappa shape index (κ3) is 2.10. The van der Waals surface area contributed by atoms with Gasteiger partial charge in [-0.15, -0.1) is 0 Å². The number of ether oxygens (including phenoxy) is 1. The number of aromatic nitrogens is 2. The minimum Gasteiger partial charge on any atom is -0.494 e. The van der Waals surface area contributed by atoms with Gasteiger partial charge in [0.05, 0.1) is 18.1 Å². The first-order valence-electron chi connectivity index (χ1n) is 5.65. The van der Waals surface area contributed by atoms with Crippen molar-refractivity contribution in [3.8, 4) is 11.4 Å². The second-order valence-corrected chi connectivity index (χ2v) is 4.98. The summed E-state index contributed by atoms with van der Waals surface area (Å²) in [6.45, 7) is 0. The molecule has 3 rings (SSSR count). The quantitative estimate of drug-likeness (QED) is 0.715. The number of hydrogen-bond acceptors (Lipinski definition) is 2. The van der Waals surface area contributed by atoms with E-state index in [-0.39, 0.29) is 5.75 Å². The third-order valence-corrected chi connectivity index (χ3v) is 3.45. The van der Waals surface area contributed by atoms with E-state index in [0.717, 1.165) is 15.7 Å². The third-order valence-electron chi connectivity index (χ3n) is 2.93. The van der Waals surface area contributed by atoms with Crippen LogP contribution in [0.2, 0.25) is 0 Å². The van der Waals surface area contributed by atoms with Gasteiger partial charge in [0.1, 0.15) is 6.33 Å². The van der Waals surface area contributed by atoms with Gasteiger partial charge in [0, 0.05) is 22.3 Å². The number of imidazole rings is 1. The molecule has 0 N–H and O–H groups in total. The fourth-order valence-corrected chi connectivity index (χ4v) is 2.24. The molecule has 3 nitrogen and oxygen atoms in total. The predicted molar refractivity (Wildman–Crippen MR) is 75.3 cm³/mol. The molecule has 96 valence electrons.